The molecule has 0 aliphatic heterocycles. The molecule has 0 heterocycles. The summed E-state index contributed by atoms with van der Waals surface area (Å²) >= 11 is 0. The van der Waals surface area contributed by atoms with Crippen LogP contribution in [0.15, 0.2) is 24.3 Å². The zero-order chi connectivity index (χ0) is 10.1. The van der Waals surface area contributed by atoms with E-state index >= 15 is 0 Å². The van der Waals surface area contributed by atoms with Crippen LogP contribution >= 0.6 is 0 Å². The van der Waals surface area contributed by atoms with E-state index in [0.29, 0.717) is 0 Å². The average molecular weight is 190 g/mol. The van der Waals surface area contributed by atoms with Crippen molar-refractivity contribution in [1.29, 1.82) is 0 Å². The first kappa shape index (κ1) is 9.85. The van der Waals surface area contributed by atoms with E-state index < -0.39 is 12.2 Å². The maximum Gasteiger partial charge on any atom is 0.407 e. The number of alkyl halides is 3. The third kappa shape index (κ3) is 2.12. The number of nitrogens with two attached hydrogens (primary N) is 2. The fourth-order valence-corrected chi connectivity index (χ4v) is 0.970. The predicted octanol–water partition coefficient (Wildman–Crippen LogP) is 1.83. The smallest absolute Gasteiger partial charge is 0.398 e. The lowest BCUT2D eigenvalue weighted by atomic mass is 10.1. The van der Waals surface area contributed by atoms with Crippen LogP contribution in [0.3, 0.4) is 0 Å². The van der Waals surface area contributed by atoms with Crippen LogP contribution < -0.4 is 11.5 Å². The molecule has 0 aliphatic carbocycles. The highest BCUT2D eigenvalue weighted by molar-refractivity contribution is 5.48. The second-order valence-electron chi connectivity index (χ2n) is 2.65. The molecule has 72 valence electrons. The number of halogens is 3. The summed E-state index contributed by atoms with van der Waals surface area (Å²) in [6, 6.07) is 3.68. The highest BCUT2D eigenvalue weighted by atomic mass is 19.4. The first-order valence-corrected chi connectivity index (χ1v) is 3.59. The molecule has 0 amide bonds. The standard InChI is InChI=1S/C8H9F3N2/c9-8(10,11)7(13)5-3-1-2-4-6(5)12/h1-4,7H,12-13H2. The van der Waals surface area contributed by atoms with Gasteiger partial charge in [0, 0.05) is 11.3 Å². The lowest BCUT2D eigenvalue weighted by Gasteiger charge is -2.17. The van der Waals surface area contributed by atoms with Gasteiger partial charge in [0.2, 0.25) is 0 Å². The van der Waals surface area contributed by atoms with Crippen LogP contribution in [-0.4, -0.2) is 6.18 Å². The van der Waals surface area contributed by atoms with Gasteiger partial charge in [0.05, 0.1) is 0 Å². The van der Waals surface area contributed by atoms with E-state index in [1.165, 1.54) is 18.2 Å². The SMILES string of the molecule is Nc1ccccc1C(N)C(F)(F)F. The molecular weight excluding hydrogens is 181 g/mol. The first-order valence-electron chi connectivity index (χ1n) is 3.59. The Hall–Kier alpha value is -1.23. The van der Waals surface area contributed by atoms with Crippen molar-refractivity contribution in [3.63, 3.8) is 0 Å². The number of hydrogen-bond donors (Lipinski definition) is 2. The van der Waals surface area contributed by atoms with Gasteiger partial charge in [-0.1, -0.05) is 18.2 Å². The van der Waals surface area contributed by atoms with Gasteiger partial charge in [0.1, 0.15) is 6.04 Å². The molecule has 4 N–H and O–H groups in total. The zero-order valence-corrected chi connectivity index (χ0v) is 6.68. The van der Waals surface area contributed by atoms with Crippen molar-refractivity contribution in [1.82, 2.24) is 0 Å². The molecule has 0 radical (unpaired) electrons. The number of benzene rings is 1. The van der Waals surface area contributed by atoms with Gasteiger partial charge in [-0.2, -0.15) is 13.2 Å². The third-order valence-electron chi connectivity index (χ3n) is 1.68. The van der Waals surface area contributed by atoms with Gasteiger partial charge in [-0.15, -0.1) is 0 Å². The molecule has 5 heteroatoms. The Morgan fingerprint density at radius 3 is 2.15 bits per heavy atom. The number of anilines is 1. The molecule has 0 spiro atoms. The minimum absolute atomic E-state index is 0.0623. The van der Waals surface area contributed by atoms with Crippen molar-refractivity contribution in [3.8, 4) is 0 Å². The predicted molar refractivity (Wildman–Crippen MR) is 43.8 cm³/mol. The van der Waals surface area contributed by atoms with Crippen molar-refractivity contribution in [2.75, 3.05) is 5.73 Å². The van der Waals surface area contributed by atoms with Gasteiger partial charge in [-0.3, -0.25) is 0 Å². The molecule has 0 fully saturated rings. The van der Waals surface area contributed by atoms with Crippen molar-refractivity contribution >= 4 is 5.69 Å². The minimum atomic E-state index is -4.45. The molecule has 1 aromatic carbocycles. The molecule has 0 aliphatic rings. The lowest BCUT2D eigenvalue weighted by molar-refractivity contribution is -0.149. The monoisotopic (exact) mass is 190 g/mol. The van der Waals surface area contributed by atoms with Crippen molar-refractivity contribution in [3.05, 3.63) is 29.8 Å². The second-order valence-corrected chi connectivity index (χ2v) is 2.65. The maximum atomic E-state index is 12.1. The molecule has 0 aromatic heterocycles. The summed E-state index contributed by atoms with van der Waals surface area (Å²) in [6.45, 7) is 0. The Morgan fingerprint density at radius 2 is 1.69 bits per heavy atom. The Bertz CT molecular complexity index is 296. The highest BCUT2D eigenvalue weighted by Gasteiger charge is 2.38. The molecule has 2 nitrogen and oxygen atoms in total. The first-order chi connectivity index (χ1) is 5.93. The topological polar surface area (TPSA) is 52.0 Å². The number of para-hydroxylation sites is 1. The van der Waals surface area contributed by atoms with E-state index in [0.717, 1.165) is 0 Å². The van der Waals surface area contributed by atoms with Gasteiger partial charge in [-0.05, 0) is 6.07 Å². The molecular formula is C8H9F3N2. The molecule has 0 saturated carbocycles. The van der Waals surface area contributed by atoms with E-state index in [2.05, 4.69) is 0 Å². The van der Waals surface area contributed by atoms with E-state index in [4.69, 9.17) is 11.5 Å². The largest absolute Gasteiger partial charge is 0.407 e. The van der Waals surface area contributed by atoms with Gasteiger partial charge in [-0.25, -0.2) is 0 Å². The van der Waals surface area contributed by atoms with Crippen molar-refractivity contribution < 1.29 is 13.2 Å². The quantitative estimate of drug-likeness (QED) is 0.664. The van der Waals surface area contributed by atoms with Crippen LogP contribution in [0, 0.1) is 0 Å². The summed E-state index contributed by atoms with van der Waals surface area (Å²) < 4.78 is 36.4. The Balaban J connectivity index is 3.02. The van der Waals surface area contributed by atoms with Crippen LogP contribution in [-0.2, 0) is 0 Å². The van der Waals surface area contributed by atoms with Gasteiger partial charge in [0.25, 0.3) is 0 Å². The van der Waals surface area contributed by atoms with Crippen LogP contribution in [0.1, 0.15) is 11.6 Å². The van der Waals surface area contributed by atoms with Crippen LogP contribution in [0.25, 0.3) is 0 Å². The Labute approximate surface area is 73.3 Å². The van der Waals surface area contributed by atoms with Crippen LogP contribution in [0.2, 0.25) is 0 Å². The van der Waals surface area contributed by atoms with Gasteiger partial charge in [0.15, 0.2) is 0 Å². The van der Waals surface area contributed by atoms with Gasteiger partial charge >= 0.3 is 6.18 Å². The average Bonchev–Trinajstić information content (AvgIpc) is 2.02. The number of rotatable bonds is 1. The maximum absolute atomic E-state index is 12.1. The molecule has 0 saturated heterocycles. The zero-order valence-electron chi connectivity index (χ0n) is 6.68. The van der Waals surface area contributed by atoms with E-state index in [9.17, 15) is 13.2 Å². The fourth-order valence-electron chi connectivity index (χ4n) is 0.970. The summed E-state index contributed by atoms with van der Waals surface area (Å²) in [4.78, 5) is 0. The van der Waals surface area contributed by atoms with Crippen molar-refractivity contribution in [2.45, 2.75) is 12.2 Å². The molecule has 13 heavy (non-hydrogen) atoms. The minimum Gasteiger partial charge on any atom is -0.398 e. The highest BCUT2D eigenvalue weighted by Crippen LogP contribution is 2.32. The van der Waals surface area contributed by atoms with E-state index in [1.54, 1.807) is 6.07 Å². The summed E-state index contributed by atoms with van der Waals surface area (Å²) in [7, 11) is 0. The molecule has 0 bridgehead atoms. The van der Waals surface area contributed by atoms with Crippen molar-refractivity contribution in [2.24, 2.45) is 5.73 Å². The lowest BCUT2D eigenvalue weighted by Crippen LogP contribution is -2.29. The molecule has 1 rings (SSSR count). The summed E-state index contributed by atoms with van der Waals surface area (Å²) in [5.41, 5.74) is 10.3. The summed E-state index contributed by atoms with van der Waals surface area (Å²) in [5.74, 6) is 0. The Kier molecular flexibility index (Phi) is 2.47. The molecule has 1 unspecified atom stereocenters. The number of hydrogen-bond acceptors (Lipinski definition) is 2. The fraction of sp³-hybridized carbons (Fsp3) is 0.250. The third-order valence-corrected chi connectivity index (χ3v) is 1.68. The van der Waals surface area contributed by atoms with E-state index in [1.807, 2.05) is 0 Å². The second kappa shape index (κ2) is 3.26. The van der Waals surface area contributed by atoms with E-state index in [-0.39, 0.29) is 11.3 Å². The van der Waals surface area contributed by atoms with Gasteiger partial charge < -0.3 is 11.5 Å². The molecule has 1 atom stereocenters. The number of nitrogen functional groups attached to an aromatic ring is 1. The summed E-state index contributed by atoms with van der Waals surface area (Å²) in [6.07, 6.45) is -4.45. The molecule has 1 aromatic rings. The normalized spacial score (nSPS) is 14.2. The van der Waals surface area contributed by atoms with Crippen LogP contribution in [0.4, 0.5) is 18.9 Å². The van der Waals surface area contributed by atoms with Crippen LogP contribution in [0.5, 0.6) is 0 Å². The summed E-state index contributed by atoms with van der Waals surface area (Å²) in [5, 5.41) is 0. The Morgan fingerprint density at radius 1 is 1.15 bits per heavy atom.